The number of amides is 2. The molecule has 1 aliphatic heterocycles. The number of carbonyl (C=O) groups excluding carboxylic acids is 2. The van der Waals surface area contributed by atoms with Gasteiger partial charge in [-0.05, 0) is 55.3 Å². The predicted octanol–water partition coefficient (Wildman–Crippen LogP) is 2.44. The average Bonchev–Trinajstić information content (AvgIpc) is 2.63. The van der Waals surface area contributed by atoms with Crippen LogP contribution in [0.1, 0.15) is 33.6 Å². The zero-order valence-electron chi connectivity index (χ0n) is 13.8. The van der Waals surface area contributed by atoms with E-state index in [1.807, 2.05) is 12.1 Å². The van der Waals surface area contributed by atoms with Gasteiger partial charge >= 0.3 is 0 Å². The van der Waals surface area contributed by atoms with E-state index in [0.717, 1.165) is 24.2 Å². The van der Waals surface area contributed by atoms with E-state index in [1.165, 1.54) is 0 Å². The Kier molecular flexibility index (Phi) is 5.30. The molecule has 6 heteroatoms. The van der Waals surface area contributed by atoms with Crippen molar-refractivity contribution in [3.8, 4) is 0 Å². The third-order valence-corrected chi connectivity index (χ3v) is 4.14. The average molecular weight is 339 g/mol. The molecule has 0 radical (unpaired) electrons. The fraction of sp³-hybridized carbons (Fsp3) is 0.263. The minimum atomic E-state index is -0.460. The van der Waals surface area contributed by atoms with Gasteiger partial charge in [0.15, 0.2) is 0 Å². The molecule has 0 aromatic heterocycles. The SMILES string of the molecule is NC(=O)c1ccc(Nc2cccc(C(=O)NC3CCOCC3)c2)cc1. The zero-order chi connectivity index (χ0) is 17.6. The van der Waals surface area contributed by atoms with Gasteiger partial charge in [-0.2, -0.15) is 0 Å². The Morgan fingerprint density at radius 1 is 0.960 bits per heavy atom. The fourth-order valence-electron chi connectivity index (χ4n) is 2.73. The molecular weight excluding hydrogens is 318 g/mol. The van der Waals surface area contributed by atoms with Crippen LogP contribution in [0.3, 0.4) is 0 Å². The molecule has 0 spiro atoms. The Bertz CT molecular complexity index is 753. The van der Waals surface area contributed by atoms with Crippen LogP contribution in [0.25, 0.3) is 0 Å². The summed E-state index contributed by atoms with van der Waals surface area (Å²) in [7, 11) is 0. The molecule has 1 fully saturated rings. The Morgan fingerprint density at radius 3 is 2.36 bits per heavy atom. The Hall–Kier alpha value is -2.86. The number of hydrogen-bond acceptors (Lipinski definition) is 4. The summed E-state index contributed by atoms with van der Waals surface area (Å²) in [5.74, 6) is -0.544. The van der Waals surface area contributed by atoms with Crippen molar-refractivity contribution in [2.24, 2.45) is 5.73 Å². The molecule has 0 saturated carbocycles. The lowest BCUT2D eigenvalue weighted by atomic mass is 10.1. The summed E-state index contributed by atoms with van der Waals surface area (Å²) in [4.78, 5) is 23.5. The molecule has 130 valence electrons. The number of anilines is 2. The summed E-state index contributed by atoms with van der Waals surface area (Å²) >= 11 is 0. The summed E-state index contributed by atoms with van der Waals surface area (Å²) < 4.78 is 5.31. The van der Waals surface area contributed by atoms with E-state index in [-0.39, 0.29) is 11.9 Å². The summed E-state index contributed by atoms with van der Waals surface area (Å²) in [5.41, 5.74) is 7.90. The maximum absolute atomic E-state index is 12.4. The van der Waals surface area contributed by atoms with Crippen molar-refractivity contribution < 1.29 is 14.3 Å². The second kappa shape index (κ2) is 7.81. The van der Waals surface area contributed by atoms with E-state index < -0.39 is 5.91 Å². The third-order valence-electron chi connectivity index (χ3n) is 4.14. The van der Waals surface area contributed by atoms with Gasteiger partial charge in [0.25, 0.3) is 5.91 Å². The zero-order valence-corrected chi connectivity index (χ0v) is 13.8. The molecule has 0 atom stereocenters. The molecule has 0 unspecified atom stereocenters. The lowest BCUT2D eigenvalue weighted by molar-refractivity contribution is 0.0696. The van der Waals surface area contributed by atoms with Crippen molar-refractivity contribution in [3.63, 3.8) is 0 Å². The first-order chi connectivity index (χ1) is 12.1. The number of carbonyl (C=O) groups is 2. The van der Waals surface area contributed by atoms with Crippen LogP contribution in [-0.2, 0) is 4.74 Å². The molecule has 0 bridgehead atoms. The highest BCUT2D eigenvalue weighted by Gasteiger charge is 2.17. The van der Waals surface area contributed by atoms with Gasteiger partial charge in [-0.25, -0.2) is 0 Å². The molecule has 3 rings (SSSR count). The topological polar surface area (TPSA) is 93.5 Å². The Balaban J connectivity index is 1.66. The summed E-state index contributed by atoms with van der Waals surface area (Å²) in [5, 5.41) is 6.26. The van der Waals surface area contributed by atoms with Gasteiger partial charge in [0.1, 0.15) is 0 Å². The number of hydrogen-bond donors (Lipinski definition) is 3. The number of rotatable bonds is 5. The Labute approximate surface area is 146 Å². The maximum Gasteiger partial charge on any atom is 0.251 e. The molecule has 25 heavy (non-hydrogen) atoms. The molecule has 6 nitrogen and oxygen atoms in total. The van der Waals surface area contributed by atoms with Gasteiger partial charge in [-0.3, -0.25) is 9.59 Å². The molecule has 1 heterocycles. The monoisotopic (exact) mass is 339 g/mol. The van der Waals surface area contributed by atoms with Gasteiger partial charge in [-0.1, -0.05) is 6.07 Å². The van der Waals surface area contributed by atoms with Crippen molar-refractivity contribution in [2.75, 3.05) is 18.5 Å². The van der Waals surface area contributed by atoms with Crippen LogP contribution in [0.5, 0.6) is 0 Å². The van der Waals surface area contributed by atoms with Crippen molar-refractivity contribution in [2.45, 2.75) is 18.9 Å². The van der Waals surface area contributed by atoms with Gasteiger partial charge in [-0.15, -0.1) is 0 Å². The van der Waals surface area contributed by atoms with Gasteiger partial charge in [0.05, 0.1) is 0 Å². The van der Waals surface area contributed by atoms with E-state index in [9.17, 15) is 9.59 Å². The van der Waals surface area contributed by atoms with E-state index in [2.05, 4.69) is 10.6 Å². The van der Waals surface area contributed by atoms with E-state index in [0.29, 0.717) is 24.3 Å². The normalized spacial score (nSPS) is 14.7. The van der Waals surface area contributed by atoms with Crippen molar-refractivity contribution in [1.29, 1.82) is 0 Å². The number of primary amides is 1. The predicted molar refractivity (Wildman–Crippen MR) is 96.0 cm³/mol. The summed E-state index contributed by atoms with van der Waals surface area (Å²) in [6.07, 6.45) is 1.69. The summed E-state index contributed by atoms with van der Waals surface area (Å²) in [6.45, 7) is 1.38. The van der Waals surface area contributed by atoms with E-state index >= 15 is 0 Å². The smallest absolute Gasteiger partial charge is 0.251 e. The van der Waals surface area contributed by atoms with Gasteiger partial charge in [0, 0.05) is 41.8 Å². The highest BCUT2D eigenvalue weighted by Crippen LogP contribution is 2.19. The van der Waals surface area contributed by atoms with Crippen LogP contribution in [0.4, 0.5) is 11.4 Å². The van der Waals surface area contributed by atoms with Crippen LogP contribution in [0.15, 0.2) is 48.5 Å². The lowest BCUT2D eigenvalue weighted by Crippen LogP contribution is -2.38. The molecule has 1 aliphatic rings. The Morgan fingerprint density at radius 2 is 1.68 bits per heavy atom. The molecule has 2 aromatic carbocycles. The van der Waals surface area contributed by atoms with Crippen molar-refractivity contribution in [3.05, 3.63) is 59.7 Å². The number of nitrogens with one attached hydrogen (secondary N) is 2. The minimum Gasteiger partial charge on any atom is -0.381 e. The van der Waals surface area contributed by atoms with E-state index in [4.69, 9.17) is 10.5 Å². The number of benzene rings is 2. The standard InChI is InChI=1S/C19H21N3O3/c20-18(23)13-4-6-15(7-5-13)21-17-3-1-2-14(12-17)19(24)22-16-8-10-25-11-9-16/h1-7,12,16,21H,8-11H2,(H2,20,23)(H,22,24). The molecule has 4 N–H and O–H groups in total. The maximum atomic E-state index is 12.4. The van der Waals surface area contributed by atoms with Gasteiger partial charge in [0.2, 0.25) is 5.91 Å². The first-order valence-electron chi connectivity index (χ1n) is 8.27. The van der Waals surface area contributed by atoms with Crippen LogP contribution in [-0.4, -0.2) is 31.1 Å². The van der Waals surface area contributed by atoms with Crippen LogP contribution in [0, 0.1) is 0 Å². The second-order valence-electron chi connectivity index (χ2n) is 6.01. The van der Waals surface area contributed by atoms with E-state index in [1.54, 1.807) is 36.4 Å². The molecule has 2 amide bonds. The largest absolute Gasteiger partial charge is 0.381 e. The first kappa shape index (κ1) is 17.0. The second-order valence-corrected chi connectivity index (χ2v) is 6.01. The third kappa shape index (κ3) is 4.58. The van der Waals surface area contributed by atoms with Crippen molar-refractivity contribution >= 4 is 23.2 Å². The highest BCUT2D eigenvalue weighted by molar-refractivity contribution is 5.95. The quantitative estimate of drug-likeness (QED) is 0.780. The molecule has 1 saturated heterocycles. The number of ether oxygens (including phenoxy) is 1. The fourth-order valence-corrected chi connectivity index (χ4v) is 2.73. The van der Waals surface area contributed by atoms with Gasteiger partial charge < -0.3 is 21.1 Å². The molecule has 2 aromatic rings. The van der Waals surface area contributed by atoms with Crippen LogP contribution < -0.4 is 16.4 Å². The number of nitrogens with two attached hydrogens (primary N) is 1. The first-order valence-corrected chi connectivity index (χ1v) is 8.27. The molecule has 0 aliphatic carbocycles. The summed E-state index contributed by atoms with van der Waals surface area (Å²) in [6, 6.07) is 14.3. The van der Waals surface area contributed by atoms with Crippen LogP contribution >= 0.6 is 0 Å². The van der Waals surface area contributed by atoms with Crippen molar-refractivity contribution in [1.82, 2.24) is 5.32 Å². The highest BCUT2D eigenvalue weighted by atomic mass is 16.5. The minimum absolute atomic E-state index is 0.0837. The molecular formula is C19H21N3O3. The lowest BCUT2D eigenvalue weighted by Gasteiger charge is -2.23. The van der Waals surface area contributed by atoms with Crippen LogP contribution in [0.2, 0.25) is 0 Å².